The minimum atomic E-state index is -0.460. The molecule has 2 amide bonds. The van der Waals surface area contributed by atoms with Crippen LogP contribution in [-0.4, -0.2) is 30.1 Å². The zero-order chi connectivity index (χ0) is 24.4. The molecule has 0 aliphatic rings. The van der Waals surface area contributed by atoms with E-state index in [-0.39, 0.29) is 11.7 Å². The summed E-state index contributed by atoms with van der Waals surface area (Å²) in [6.07, 6.45) is 1.77. The quantitative estimate of drug-likeness (QED) is 0.280. The molecule has 3 N–H and O–H groups in total. The maximum atomic E-state index is 12.7. The molecule has 0 aliphatic carbocycles. The van der Waals surface area contributed by atoms with Gasteiger partial charge in [0.1, 0.15) is 11.5 Å². The minimum Gasteiger partial charge on any atom is -0.493 e. The third-order valence-corrected chi connectivity index (χ3v) is 5.76. The lowest BCUT2D eigenvalue weighted by molar-refractivity contribution is -0.123. The zero-order valence-corrected chi connectivity index (χ0v) is 22.7. The Balaban J connectivity index is 1.84. The van der Waals surface area contributed by atoms with Crippen molar-refractivity contribution in [3.8, 4) is 11.5 Å². The zero-order valence-electron chi connectivity index (χ0n) is 18.7. The summed E-state index contributed by atoms with van der Waals surface area (Å²) in [6.45, 7) is 6.52. The van der Waals surface area contributed by atoms with Crippen LogP contribution in [0.15, 0.2) is 45.3 Å². The lowest BCUT2D eigenvalue weighted by Gasteiger charge is -2.15. The van der Waals surface area contributed by atoms with Gasteiger partial charge >= 0.3 is 0 Å². The van der Waals surface area contributed by atoms with Crippen molar-refractivity contribution in [3.63, 3.8) is 0 Å². The number of amides is 2. The fourth-order valence-electron chi connectivity index (χ4n) is 2.60. The van der Waals surface area contributed by atoms with E-state index in [1.807, 2.05) is 12.1 Å². The number of benzene rings is 2. The summed E-state index contributed by atoms with van der Waals surface area (Å²) < 4.78 is 12.8. The number of thiocarbonyl (C=S) groups is 1. The normalized spacial score (nSPS) is 10.5. The number of hydrogen-bond acceptors (Lipinski definition) is 5. The second-order valence-electron chi connectivity index (χ2n) is 7.53. The predicted molar refractivity (Wildman–Crippen MR) is 139 cm³/mol. The van der Waals surface area contributed by atoms with Gasteiger partial charge in [0.05, 0.1) is 16.6 Å². The second kappa shape index (κ2) is 13.5. The van der Waals surface area contributed by atoms with E-state index in [1.165, 1.54) is 0 Å². The van der Waals surface area contributed by atoms with Gasteiger partial charge in [-0.1, -0.05) is 42.8 Å². The van der Waals surface area contributed by atoms with E-state index in [0.717, 1.165) is 27.4 Å². The van der Waals surface area contributed by atoms with Crippen molar-refractivity contribution in [2.75, 3.05) is 13.2 Å². The predicted octanol–water partition coefficient (Wildman–Crippen LogP) is 4.91. The van der Waals surface area contributed by atoms with Crippen LogP contribution in [0.1, 0.15) is 43.1 Å². The molecule has 0 heterocycles. The Kier molecular flexibility index (Phi) is 11.1. The lowest BCUT2D eigenvalue weighted by Crippen LogP contribution is -2.49. The van der Waals surface area contributed by atoms with Crippen LogP contribution < -0.4 is 25.6 Å². The van der Waals surface area contributed by atoms with Gasteiger partial charge in [-0.15, -0.1) is 0 Å². The molecule has 0 bridgehead atoms. The average molecular weight is 601 g/mol. The highest BCUT2D eigenvalue weighted by Gasteiger charge is 2.15. The molecule has 0 fully saturated rings. The van der Waals surface area contributed by atoms with Crippen LogP contribution in [0.2, 0.25) is 0 Å². The molecule has 0 saturated carbocycles. The maximum absolute atomic E-state index is 12.7. The number of ether oxygens (including phenoxy) is 2. The molecule has 2 rings (SSSR count). The molecular formula is C23H27Br2N3O4S. The Morgan fingerprint density at radius 3 is 2.42 bits per heavy atom. The molecule has 0 aromatic heterocycles. The van der Waals surface area contributed by atoms with Crippen LogP contribution in [0.25, 0.3) is 0 Å². The van der Waals surface area contributed by atoms with Crippen molar-refractivity contribution >= 4 is 61.0 Å². The van der Waals surface area contributed by atoms with E-state index in [9.17, 15) is 9.59 Å². The molecule has 0 saturated heterocycles. The summed E-state index contributed by atoms with van der Waals surface area (Å²) in [5, 5.41) is 2.47. The van der Waals surface area contributed by atoms with Gasteiger partial charge in [0.2, 0.25) is 0 Å². The van der Waals surface area contributed by atoms with Gasteiger partial charge in [0, 0.05) is 4.47 Å². The van der Waals surface area contributed by atoms with Gasteiger partial charge in [-0.3, -0.25) is 25.8 Å². The summed E-state index contributed by atoms with van der Waals surface area (Å²) >= 11 is 11.9. The topological polar surface area (TPSA) is 88.7 Å². The summed E-state index contributed by atoms with van der Waals surface area (Å²) in [4.78, 5) is 24.8. The van der Waals surface area contributed by atoms with Crippen molar-refractivity contribution in [2.24, 2.45) is 5.92 Å². The van der Waals surface area contributed by atoms with Gasteiger partial charge < -0.3 is 9.47 Å². The Morgan fingerprint density at radius 1 is 1.03 bits per heavy atom. The van der Waals surface area contributed by atoms with Gasteiger partial charge in [-0.2, -0.15) is 0 Å². The van der Waals surface area contributed by atoms with Crippen LogP contribution in [0.4, 0.5) is 0 Å². The standard InChI is InChI=1S/C23H27Br2N3O4S/c1-4-15-5-7-20(18(25)11-15)32-13-21(29)27-28-23(33)26-22(30)17-12-16(24)6-8-19(17)31-10-9-14(2)3/h5-8,11-12,14H,4,9-10,13H2,1-3H3,(H,27,29)(H2,26,28,30,33). The number of carbonyl (C=O) groups is 2. The van der Waals surface area contributed by atoms with Crippen molar-refractivity contribution in [3.05, 3.63) is 56.5 Å². The third kappa shape index (κ3) is 9.30. The van der Waals surface area contributed by atoms with Gasteiger partial charge in [0.15, 0.2) is 11.7 Å². The molecule has 0 unspecified atom stereocenters. The minimum absolute atomic E-state index is 0.0602. The van der Waals surface area contributed by atoms with Crippen LogP contribution in [0.3, 0.4) is 0 Å². The lowest BCUT2D eigenvalue weighted by atomic mass is 10.1. The summed E-state index contributed by atoms with van der Waals surface area (Å²) in [6, 6.07) is 10.8. The van der Waals surface area contributed by atoms with Crippen LogP contribution in [-0.2, 0) is 11.2 Å². The summed E-state index contributed by atoms with van der Waals surface area (Å²) in [5.74, 6) is 0.574. The smallest absolute Gasteiger partial charge is 0.276 e. The van der Waals surface area contributed by atoms with E-state index in [2.05, 4.69) is 68.8 Å². The van der Waals surface area contributed by atoms with E-state index >= 15 is 0 Å². The highest BCUT2D eigenvalue weighted by molar-refractivity contribution is 9.10. The molecule has 33 heavy (non-hydrogen) atoms. The Bertz CT molecular complexity index is 1000. The third-order valence-electron chi connectivity index (χ3n) is 4.44. The van der Waals surface area contributed by atoms with Crippen molar-refractivity contribution < 1.29 is 19.1 Å². The van der Waals surface area contributed by atoms with Gasteiger partial charge in [-0.05, 0) is 82.8 Å². The molecule has 10 heteroatoms. The van der Waals surface area contributed by atoms with E-state index < -0.39 is 11.8 Å². The average Bonchev–Trinajstić information content (AvgIpc) is 2.77. The second-order valence-corrected chi connectivity index (χ2v) is 9.71. The molecule has 0 atom stereocenters. The fraction of sp³-hybridized carbons (Fsp3) is 0.348. The van der Waals surface area contributed by atoms with Crippen LogP contribution >= 0.6 is 44.1 Å². The Labute approximate surface area is 216 Å². The summed E-state index contributed by atoms with van der Waals surface area (Å²) in [7, 11) is 0. The molecule has 178 valence electrons. The molecular weight excluding hydrogens is 574 g/mol. The van der Waals surface area contributed by atoms with Gasteiger partial charge in [-0.25, -0.2) is 0 Å². The maximum Gasteiger partial charge on any atom is 0.276 e. The van der Waals surface area contributed by atoms with Crippen molar-refractivity contribution in [2.45, 2.75) is 33.6 Å². The number of aryl methyl sites for hydroxylation is 1. The first kappa shape index (κ1) is 27.1. The Morgan fingerprint density at radius 2 is 1.76 bits per heavy atom. The molecule has 0 spiro atoms. The number of nitrogens with one attached hydrogen (secondary N) is 3. The molecule has 0 aliphatic heterocycles. The number of rotatable bonds is 9. The van der Waals surface area contributed by atoms with Crippen molar-refractivity contribution in [1.29, 1.82) is 0 Å². The monoisotopic (exact) mass is 599 g/mol. The Hall–Kier alpha value is -2.17. The molecule has 0 radical (unpaired) electrons. The first-order valence-corrected chi connectivity index (χ1v) is 12.4. The number of halogens is 2. The molecule has 7 nitrogen and oxygen atoms in total. The van der Waals surface area contributed by atoms with Crippen molar-refractivity contribution in [1.82, 2.24) is 16.2 Å². The van der Waals surface area contributed by atoms with Crippen LogP contribution in [0, 0.1) is 5.92 Å². The van der Waals surface area contributed by atoms with E-state index in [1.54, 1.807) is 24.3 Å². The molecule has 2 aromatic rings. The van der Waals surface area contributed by atoms with E-state index in [0.29, 0.717) is 29.6 Å². The van der Waals surface area contributed by atoms with E-state index in [4.69, 9.17) is 21.7 Å². The summed E-state index contributed by atoms with van der Waals surface area (Å²) in [5.41, 5.74) is 6.38. The first-order valence-electron chi connectivity index (χ1n) is 10.4. The molecule has 2 aromatic carbocycles. The number of carbonyl (C=O) groups excluding carboxylic acids is 2. The largest absolute Gasteiger partial charge is 0.493 e. The van der Waals surface area contributed by atoms with Crippen LogP contribution in [0.5, 0.6) is 11.5 Å². The highest BCUT2D eigenvalue weighted by Crippen LogP contribution is 2.26. The first-order chi connectivity index (χ1) is 15.7. The fourth-order valence-corrected chi connectivity index (χ4v) is 3.64. The highest BCUT2D eigenvalue weighted by atomic mass is 79.9. The number of hydrogen-bond donors (Lipinski definition) is 3. The SMILES string of the molecule is CCc1ccc(OCC(=O)NNC(=S)NC(=O)c2cc(Br)ccc2OCCC(C)C)c(Br)c1. The van der Waals surface area contributed by atoms with Gasteiger partial charge in [0.25, 0.3) is 11.8 Å². The number of hydrazine groups is 1.